The highest BCUT2D eigenvalue weighted by Crippen LogP contribution is 2.44. The van der Waals surface area contributed by atoms with Crippen molar-refractivity contribution in [1.29, 1.82) is 0 Å². The summed E-state index contributed by atoms with van der Waals surface area (Å²) in [5.74, 6) is 0.779. The first-order valence-electron chi connectivity index (χ1n) is 9.18. The number of hydrogen-bond acceptors (Lipinski definition) is 3. The quantitative estimate of drug-likeness (QED) is 0.828. The number of carbonyl (C=O) groups is 1. The molecule has 2 heterocycles. The van der Waals surface area contributed by atoms with Gasteiger partial charge in [0.1, 0.15) is 11.9 Å². The number of hydrogen-bond donors (Lipinski definition) is 0. The van der Waals surface area contributed by atoms with Crippen molar-refractivity contribution in [2.45, 2.75) is 18.6 Å². The molecule has 0 radical (unpaired) electrons. The van der Waals surface area contributed by atoms with Crippen LogP contribution in [0.15, 0.2) is 54.6 Å². The Bertz CT molecular complexity index is 778. The number of anilines is 1. The summed E-state index contributed by atoms with van der Waals surface area (Å²) in [6, 6.07) is 18.1. The van der Waals surface area contributed by atoms with Crippen LogP contribution in [0.4, 0.5) is 10.5 Å². The van der Waals surface area contributed by atoms with E-state index in [-0.39, 0.29) is 18.2 Å². The van der Waals surface area contributed by atoms with Gasteiger partial charge in [-0.05, 0) is 44.8 Å². The van der Waals surface area contributed by atoms with Gasteiger partial charge in [0.05, 0.1) is 11.7 Å². The Labute approximate surface area is 154 Å². The number of ether oxygens (including phenoxy) is 1. The topological polar surface area (TPSA) is 36.0 Å². The number of urea groups is 1. The van der Waals surface area contributed by atoms with Crippen LogP contribution in [0.2, 0.25) is 0 Å². The smallest absolute Gasteiger partial charge is 0.325 e. The van der Waals surface area contributed by atoms with E-state index in [0.717, 1.165) is 36.5 Å². The van der Waals surface area contributed by atoms with E-state index in [0.29, 0.717) is 6.54 Å². The molecular weight excluding hydrogens is 326 g/mol. The Balaban J connectivity index is 1.64. The van der Waals surface area contributed by atoms with Crippen molar-refractivity contribution < 1.29 is 9.53 Å². The summed E-state index contributed by atoms with van der Waals surface area (Å²) in [5, 5.41) is 0. The fourth-order valence-electron chi connectivity index (χ4n) is 3.86. The third-order valence-corrected chi connectivity index (χ3v) is 5.11. The highest BCUT2D eigenvalue weighted by atomic mass is 16.5. The molecule has 2 unspecified atom stereocenters. The molecule has 26 heavy (non-hydrogen) atoms. The predicted octanol–water partition coefficient (Wildman–Crippen LogP) is 3.38. The first kappa shape index (κ1) is 16.9. The highest BCUT2D eigenvalue weighted by molar-refractivity contribution is 5.97. The third-order valence-electron chi connectivity index (χ3n) is 5.11. The minimum Gasteiger partial charge on any atom is -0.481 e. The van der Waals surface area contributed by atoms with Crippen molar-refractivity contribution >= 4 is 11.7 Å². The number of carbonyl (C=O) groups excluding carboxylic acids is 1. The molecule has 2 atom stereocenters. The molecular formula is C21H25N3O2. The van der Waals surface area contributed by atoms with Crippen LogP contribution in [0.3, 0.4) is 0 Å². The van der Waals surface area contributed by atoms with Crippen molar-refractivity contribution in [2.24, 2.45) is 0 Å². The zero-order valence-electron chi connectivity index (χ0n) is 15.3. The second-order valence-corrected chi connectivity index (χ2v) is 7.24. The van der Waals surface area contributed by atoms with E-state index in [4.69, 9.17) is 4.74 Å². The van der Waals surface area contributed by atoms with E-state index in [1.165, 1.54) is 0 Å². The Morgan fingerprint density at radius 2 is 1.81 bits per heavy atom. The average Bonchev–Trinajstić information content (AvgIpc) is 2.98. The molecule has 2 aliphatic rings. The van der Waals surface area contributed by atoms with Crippen LogP contribution >= 0.6 is 0 Å². The largest absolute Gasteiger partial charge is 0.481 e. The zero-order chi connectivity index (χ0) is 18.1. The molecule has 1 fully saturated rings. The summed E-state index contributed by atoms with van der Waals surface area (Å²) < 4.78 is 6.34. The molecule has 2 aliphatic heterocycles. The lowest BCUT2D eigenvalue weighted by Gasteiger charge is -2.37. The molecule has 0 N–H and O–H groups in total. The van der Waals surface area contributed by atoms with E-state index in [1.807, 2.05) is 52.3 Å². The van der Waals surface area contributed by atoms with Gasteiger partial charge in [0.15, 0.2) is 0 Å². The number of amides is 2. The summed E-state index contributed by atoms with van der Waals surface area (Å²) >= 11 is 0. The monoisotopic (exact) mass is 351 g/mol. The number of benzene rings is 2. The Hall–Kier alpha value is -2.53. The van der Waals surface area contributed by atoms with Crippen LogP contribution in [0, 0.1) is 0 Å². The van der Waals surface area contributed by atoms with Gasteiger partial charge in [0.2, 0.25) is 0 Å². The third kappa shape index (κ3) is 3.03. The number of fused-ring (bicyclic) bond motifs is 3. The standard InChI is InChI=1S/C21H25N3O2/c1-22(2)13-8-14-23-15-18-20(16-9-4-3-5-10-16)26-19-12-7-6-11-17(19)24(18)21(23)25/h3-7,9-12,18,20H,8,13-15H2,1-2H3. The highest BCUT2D eigenvalue weighted by Gasteiger charge is 2.47. The van der Waals surface area contributed by atoms with Crippen LogP contribution in [0.5, 0.6) is 5.75 Å². The maximum atomic E-state index is 13.1. The van der Waals surface area contributed by atoms with E-state index in [9.17, 15) is 4.79 Å². The molecule has 0 saturated carbocycles. The molecule has 4 rings (SSSR count). The zero-order valence-corrected chi connectivity index (χ0v) is 15.3. The van der Waals surface area contributed by atoms with Gasteiger partial charge in [-0.1, -0.05) is 42.5 Å². The van der Waals surface area contributed by atoms with Crippen LogP contribution < -0.4 is 9.64 Å². The van der Waals surface area contributed by atoms with Crippen molar-refractivity contribution in [3.8, 4) is 5.75 Å². The molecule has 0 aromatic heterocycles. The summed E-state index contributed by atoms with van der Waals surface area (Å²) in [5.41, 5.74) is 1.99. The molecule has 136 valence electrons. The lowest BCUT2D eigenvalue weighted by molar-refractivity contribution is 0.159. The van der Waals surface area contributed by atoms with Gasteiger partial charge in [-0.2, -0.15) is 0 Å². The molecule has 0 bridgehead atoms. The second-order valence-electron chi connectivity index (χ2n) is 7.24. The maximum absolute atomic E-state index is 13.1. The first-order valence-corrected chi connectivity index (χ1v) is 9.18. The molecule has 1 saturated heterocycles. The van der Waals surface area contributed by atoms with E-state index < -0.39 is 0 Å². The first-order chi connectivity index (χ1) is 12.6. The van der Waals surface area contributed by atoms with Crippen LogP contribution in [-0.4, -0.2) is 55.6 Å². The van der Waals surface area contributed by atoms with Crippen molar-refractivity contribution in [3.63, 3.8) is 0 Å². The van der Waals surface area contributed by atoms with Crippen molar-refractivity contribution in [3.05, 3.63) is 60.2 Å². The van der Waals surface area contributed by atoms with Crippen molar-refractivity contribution in [1.82, 2.24) is 9.80 Å². The summed E-state index contributed by atoms with van der Waals surface area (Å²) in [6.07, 6.45) is 0.826. The molecule has 5 nitrogen and oxygen atoms in total. The van der Waals surface area contributed by atoms with Crippen LogP contribution in [0.25, 0.3) is 0 Å². The van der Waals surface area contributed by atoms with Gasteiger partial charge >= 0.3 is 6.03 Å². The van der Waals surface area contributed by atoms with Crippen LogP contribution in [0.1, 0.15) is 18.1 Å². The fraction of sp³-hybridized carbons (Fsp3) is 0.381. The Morgan fingerprint density at radius 1 is 1.08 bits per heavy atom. The molecule has 2 aromatic rings. The van der Waals surface area contributed by atoms with E-state index in [2.05, 4.69) is 31.1 Å². The molecule has 2 aromatic carbocycles. The number of para-hydroxylation sites is 2. The summed E-state index contributed by atoms with van der Waals surface area (Å²) in [6.45, 7) is 2.44. The van der Waals surface area contributed by atoms with Gasteiger partial charge < -0.3 is 14.5 Å². The Morgan fingerprint density at radius 3 is 2.58 bits per heavy atom. The predicted molar refractivity (Wildman–Crippen MR) is 103 cm³/mol. The number of rotatable bonds is 5. The van der Waals surface area contributed by atoms with E-state index in [1.54, 1.807) is 0 Å². The lowest BCUT2D eigenvalue weighted by Crippen LogP contribution is -2.43. The second kappa shape index (κ2) is 7.00. The van der Waals surface area contributed by atoms with Gasteiger partial charge in [0.25, 0.3) is 0 Å². The Kier molecular flexibility index (Phi) is 4.55. The fourth-order valence-corrected chi connectivity index (χ4v) is 3.86. The summed E-state index contributed by atoms with van der Waals surface area (Å²) in [7, 11) is 4.12. The van der Waals surface area contributed by atoms with Gasteiger partial charge in [-0.15, -0.1) is 0 Å². The van der Waals surface area contributed by atoms with E-state index >= 15 is 0 Å². The normalized spacial score (nSPS) is 21.6. The van der Waals surface area contributed by atoms with Crippen molar-refractivity contribution in [2.75, 3.05) is 38.6 Å². The average molecular weight is 351 g/mol. The summed E-state index contributed by atoms with van der Waals surface area (Å²) in [4.78, 5) is 19.2. The van der Waals surface area contributed by atoms with Gasteiger partial charge in [-0.25, -0.2) is 4.79 Å². The molecule has 0 aliphatic carbocycles. The van der Waals surface area contributed by atoms with Crippen LogP contribution in [-0.2, 0) is 0 Å². The van der Waals surface area contributed by atoms with Gasteiger partial charge in [0, 0.05) is 13.1 Å². The molecule has 5 heteroatoms. The minimum absolute atomic E-state index is 0.000781. The maximum Gasteiger partial charge on any atom is 0.325 e. The SMILES string of the molecule is CN(C)CCCN1CC2C(c3ccccc3)Oc3ccccc3N2C1=O. The van der Waals surface area contributed by atoms with Gasteiger partial charge in [-0.3, -0.25) is 4.90 Å². The number of nitrogens with zero attached hydrogens (tertiary/aromatic N) is 3. The minimum atomic E-state index is -0.145. The molecule has 0 spiro atoms. The molecule has 2 amide bonds. The lowest BCUT2D eigenvalue weighted by atomic mass is 9.99.